The monoisotopic (exact) mass is 230 g/mol. The van der Waals surface area contributed by atoms with Crippen molar-refractivity contribution in [2.45, 2.75) is 6.18 Å². The molecule has 0 radical (unpaired) electrons. The minimum absolute atomic E-state index is 0. The van der Waals surface area contributed by atoms with E-state index in [1.807, 2.05) is 0 Å². The number of alkyl halides is 3. The number of halogens is 5. The fourth-order valence-electron chi connectivity index (χ4n) is 0.783. The number of nitrogens with zero attached hydrogens (tertiary/aromatic N) is 1. The van der Waals surface area contributed by atoms with Crippen LogP contribution in [-0.2, 0) is 6.18 Å². The molecule has 0 spiro atoms. The van der Waals surface area contributed by atoms with Crippen LogP contribution in [0.1, 0.15) is 5.69 Å². The van der Waals surface area contributed by atoms with Crippen LogP contribution in [0, 0.1) is 5.82 Å². The molecule has 0 aliphatic rings. The van der Waals surface area contributed by atoms with Gasteiger partial charge in [0, 0.05) is 13.1 Å². The molecule has 1 aromatic heterocycles. The summed E-state index contributed by atoms with van der Waals surface area (Å²) in [5, 5.41) is 2.48. The van der Waals surface area contributed by atoms with Crippen LogP contribution in [0.4, 0.5) is 23.2 Å². The summed E-state index contributed by atoms with van der Waals surface area (Å²) in [5.74, 6) is -1.38. The molecule has 1 heterocycles. The van der Waals surface area contributed by atoms with E-state index in [1.54, 1.807) is 0 Å². The molecule has 1 rings (SSSR count). The molecule has 0 amide bonds. The van der Waals surface area contributed by atoms with Crippen molar-refractivity contribution in [1.29, 1.82) is 0 Å². The Kier molecular flexibility index (Phi) is 4.12. The van der Waals surface area contributed by atoms with Gasteiger partial charge in [-0.15, -0.1) is 12.4 Å². The van der Waals surface area contributed by atoms with Gasteiger partial charge in [-0.25, -0.2) is 9.37 Å². The van der Waals surface area contributed by atoms with E-state index in [1.165, 1.54) is 7.05 Å². The van der Waals surface area contributed by atoms with E-state index in [2.05, 4.69) is 10.3 Å². The minimum atomic E-state index is -4.74. The molecule has 0 aliphatic carbocycles. The zero-order valence-electron chi connectivity index (χ0n) is 7.02. The lowest BCUT2D eigenvalue weighted by Gasteiger charge is -2.07. The Hall–Kier alpha value is -1.04. The predicted octanol–water partition coefficient (Wildman–Crippen LogP) is 2.70. The number of hydrogen-bond acceptors (Lipinski definition) is 2. The summed E-state index contributed by atoms with van der Waals surface area (Å²) in [5.41, 5.74) is -1.29. The van der Waals surface area contributed by atoms with E-state index < -0.39 is 17.7 Å². The largest absolute Gasteiger partial charge is 0.436 e. The topological polar surface area (TPSA) is 24.9 Å². The van der Waals surface area contributed by atoms with Crippen molar-refractivity contribution in [3.8, 4) is 0 Å². The van der Waals surface area contributed by atoms with Crippen LogP contribution >= 0.6 is 12.4 Å². The first kappa shape index (κ1) is 13.0. The summed E-state index contributed by atoms with van der Waals surface area (Å²) < 4.78 is 48.6. The fourth-order valence-corrected chi connectivity index (χ4v) is 0.783. The number of aromatic nitrogens is 1. The Morgan fingerprint density at radius 2 is 1.93 bits per heavy atom. The standard InChI is InChI=1S/C7H6F4N2.ClH/c1-12-4-2-5(8)6(13-3-4)7(9,10)11;/h2-3,12H,1H3;1H. The lowest BCUT2D eigenvalue weighted by Crippen LogP contribution is -2.11. The normalized spacial score (nSPS) is 10.6. The van der Waals surface area contributed by atoms with Gasteiger partial charge in [-0.05, 0) is 0 Å². The molecular formula is C7H7ClF4N2. The fraction of sp³-hybridized carbons (Fsp3) is 0.286. The van der Waals surface area contributed by atoms with Gasteiger partial charge in [0.15, 0.2) is 11.5 Å². The van der Waals surface area contributed by atoms with Crippen molar-refractivity contribution in [3.63, 3.8) is 0 Å². The Morgan fingerprint density at radius 3 is 2.29 bits per heavy atom. The maximum Gasteiger partial charge on any atom is 0.436 e. The average Bonchev–Trinajstić information content (AvgIpc) is 2.01. The summed E-state index contributed by atoms with van der Waals surface area (Å²) in [7, 11) is 1.46. The van der Waals surface area contributed by atoms with Gasteiger partial charge < -0.3 is 5.32 Å². The Balaban J connectivity index is 0.00000169. The summed E-state index contributed by atoms with van der Waals surface area (Å²) in [6, 6.07) is 0.746. The number of pyridine rings is 1. The summed E-state index contributed by atoms with van der Waals surface area (Å²) in [6.45, 7) is 0. The first-order valence-electron chi connectivity index (χ1n) is 3.35. The second-order valence-electron chi connectivity index (χ2n) is 2.30. The third kappa shape index (κ3) is 2.73. The van der Waals surface area contributed by atoms with Crippen molar-refractivity contribution in [3.05, 3.63) is 23.8 Å². The molecule has 1 N–H and O–H groups in total. The smallest absolute Gasteiger partial charge is 0.387 e. The second kappa shape index (κ2) is 4.45. The van der Waals surface area contributed by atoms with Crippen molar-refractivity contribution >= 4 is 18.1 Å². The Labute approximate surface area is 83.7 Å². The van der Waals surface area contributed by atoms with Gasteiger partial charge >= 0.3 is 6.18 Å². The van der Waals surface area contributed by atoms with Gasteiger partial charge in [0.2, 0.25) is 0 Å². The molecule has 0 aromatic carbocycles. The van der Waals surface area contributed by atoms with Crippen LogP contribution < -0.4 is 5.32 Å². The quantitative estimate of drug-likeness (QED) is 0.751. The predicted molar refractivity (Wildman–Crippen MR) is 46.0 cm³/mol. The van der Waals surface area contributed by atoms with Gasteiger partial charge in [0.25, 0.3) is 0 Å². The first-order valence-corrected chi connectivity index (χ1v) is 3.35. The number of hydrogen-bond donors (Lipinski definition) is 1. The van der Waals surface area contributed by atoms with E-state index >= 15 is 0 Å². The average molecular weight is 231 g/mol. The maximum absolute atomic E-state index is 12.7. The molecule has 2 nitrogen and oxygen atoms in total. The summed E-state index contributed by atoms with van der Waals surface area (Å²) in [6.07, 6.45) is -3.82. The molecule has 0 unspecified atom stereocenters. The molecule has 0 bridgehead atoms. The summed E-state index contributed by atoms with van der Waals surface area (Å²) >= 11 is 0. The SMILES string of the molecule is CNc1cnc(C(F)(F)F)c(F)c1.Cl. The van der Waals surface area contributed by atoms with Crippen LogP contribution in [-0.4, -0.2) is 12.0 Å². The third-order valence-corrected chi connectivity index (χ3v) is 1.40. The highest BCUT2D eigenvalue weighted by atomic mass is 35.5. The van der Waals surface area contributed by atoms with Crippen LogP contribution in [0.15, 0.2) is 12.3 Å². The summed E-state index contributed by atoms with van der Waals surface area (Å²) in [4.78, 5) is 2.96. The van der Waals surface area contributed by atoms with Gasteiger partial charge in [0.1, 0.15) is 0 Å². The van der Waals surface area contributed by atoms with E-state index in [-0.39, 0.29) is 18.1 Å². The van der Waals surface area contributed by atoms with Crippen molar-refractivity contribution in [2.75, 3.05) is 12.4 Å². The third-order valence-electron chi connectivity index (χ3n) is 1.40. The highest BCUT2D eigenvalue weighted by Gasteiger charge is 2.35. The number of anilines is 1. The second-order valence-corrected chi connectivity index (χ2v) is 2.30. The molecule has 1 aromatic rings. The van der Waals surface area contributed by atoms with Crippen LogP contribution in [0.5, 0.6) is 0 Å². The van der Waals surface area contributed by atoms with E-state index in [9.17, 15) is 17.6 Å². The lowest BCUT2D eigenvalue weighted by atomic mass is 10.3. The van der Waals surface area contributed by atoms with Crippen LogP contribution in [0.2, 0.25) is 0 Å². The molecule has 0 aliphatic heterocycles. The van der Waals surface area contributed by atoms with Crippen molar-refractivity contribution in [1.82, 2.24) is 4.98 Å². The van der Waals surface area contributed by atoms with Crippen molar-refractivity contribution < 1.29 is 17.6 Å². The molecule has 14 heavy (non-hydrogen) atoms. The highest BCUT2D eigenvalue weighted by Crippen LogP contribution is 2.30. The zero-order valence-corrected chi connectivity index (χ0v) is 7.84. The molecule has 0 saturated heterocycles. The maximum atomic E-state index is 12.7. The minimum Gasteiger partial charge on any atom is -0.387 e. The molecule has 80 valence electrons. The highest BCUT2D eigenvalue weighted by molar-refractivity contribution is 5.85. The first-order chi connectivity index (χ1) is 5.95. The number of nitrogens with one attached hydrogen (secondary N) is 1. The molecule has 0 saturated carbocycles. The number of rotatable bonds is 1. The van der Waals surface area contributed by atoms with E-state index in [0.29, 0.717) is 0 Å². The van der Waals surface area contributed by atoms with Crippen LogP contribution in [0.25, 0.3) is 0 Å². The van der Waals surface area contributed by atoms with E-state index in [0.717, 1.165) is 12.3 Å². The Bertz CT molecular complexity index is 313. The molecule has 0 atom stereocenters. The molecule has 0 fully saturated rings. The van der Waals surface area contributed by atoms with Gasteiger partial charge in [-0.3, -0.25) is 0 Å². The van der Waals surface area contributed by atoms with Gasteiger partial charge in [-0.2, -0.15) is 13.2 Å². The Morgan fingerprint density at radius 1 is 1.36 bits per heavy atom. The van der Waals surface area contributed by atoms with Crippen LogP contribution in [0.3, 0.4) is 0 Å². The molecular weight excluding hydrogens is 224 g/mol. The lowest BCUT2D eigenvalue weighted by molar-refractivity contribution is -0.143. The van der Waals surface area contributed by atoms with E-state index in [4.69, 9.17) is 0 Å². The van der Waals surface area contributed by atoms with Gasteiger partial charge in [0.05, 0.1) is 11.9 Å². The molecule has 7 heteroatoms. The van der Waals surface area contributed by atoms with Gasteiger partial charge in [-0.1, -0.05) is 0 Å². The van der Waals surface area contributed by atoms with Crippen molar-refractivity contribution in [2.24, 2.45) is 0 Å². The zero-order chi connectivity index (χ0) is 10.1.